The maximum atomic E-state index is 5.64. The second-order valence-corrected chi connectivity index (χ2v) is 9.36. The van der Waals surface area contributed by atoms with Crippen molar-refractivity contribution in [3.63, 3.8) is 0 Å². The van der Waals surface area contributed by atoms with Crippen LogP contribution in [-0.2, 0) is 6.54 Å². The quantitative estimate of drug-likeness (QED) is 0.473. The van der Waals surface area contributed by atoms with E-state index in [4.69, 9.17) is 19.4 Å². The highest BCUT2D eigenvalue weighted by Gasteiger charge is 2.22. The van der Waals surface area contributed by atoms with Crippen molar-refractivity contribution in [2.75, 3.05) is 45.1 Å². The van der Waals surface area contributed by atoms with E-state index in [-0.39, 0.29) is 0 Å². The SMILES string of the molecule is COc1ccc(CNC[C@H]2CC[C@@H](Nc3nc(N(C)C)c4ccccc4n3)CC2)c(OC)c1C. The molecule has 0 unspecified atom stereocenters. The smallest absolute Gasteiger partial charge is 0.225 e. The molecule has 1 aliphatic rings. The molecule has 1 heterocycles. The summed E-state index contributed by atoms with van der Waals surface area (Å²) in [6, 6.07) is 12.7. The number of methoxy groups -OCH3 is 2. The van der Waals surface area contributed by atoms with Crippen molar-refractivity contribution in [2.24, 2.45) is 5.92 Å². The lowest BCUT2D eigenvalue weighted by molar-refractivity contribution is 0.322. The Hall–Kier alpha value is -3.06. The Kier molecular flexibility index (Phi) is 7.73. The van der Waals surface area contributed by atoms with Crippen LogP contribution in [0.25, 0.3) is 10.9 Å². The van der Waals surface area contributed by atoms with Gasteiger partial charge < -0.3 is 25.0 Å². The minimum absolute atomic E-state index is 0.414. The summed E-state index contributed by atoms with van der Waals surface area (Å²) in [5.41, 5.74) is 3.19. The number of hydrogen-bond acceptors (Lipinski definition) is 7. The molecule has 0 amide bonds. The summed E-state index contributed by atoms with van der Waals surface area (Å²) in [6.07, 6.45) is 4.64. The van der Waals surface area contributed by atoms with Gasteiger partial charge in [0.1, 0.15) is 17.3 Å². The molecule has 182 valence electrons. The van der Waals surface area contributed by atoms with Crippen LogP contribution in [0.3, 0.4) is 0 Å². The highest BCUT2D eigenvalue weighted by molar-refractivity contribution is 5.90. The number of nitrogens with zero attached hydrogens (tertiary/aromatic N) is 3. The first-order valence-corrected chi connectivity index (χ1v) is 12.1. The van der Waals surface area contributed by atoms with Crippen molar-refractivity contribution in [3.8, 4) is 11.5 Å². The van der Waals surface area contributed by atoms with Crippen molar-refractivity contribution in [2.45, 2.75) is 45.2 Å². The predicted octanol–water partition coefficient (Wildman–Crippen LogP) is 4.78. The predicted molar refractivity (Wildman–Crippen MR) is 139 cm³/mol. The van der Waals surface area contributed by atoms with Gasteiger partial charge in [-0.15, -0.1) is 0 Å². The normalized spacial score (nSPS) is 18.0. The number of fused-ring (bicyclic) bond motifs is 1. The fraction of sp³-hybridized carbons (Fsp3) is 0.481. The average molecular weight is 464 g/mol. The molecule has 2 aromatic carbocycles. The molecule has 1 aromatic heterocycles. The topological polar surface area (TPSA) is 71.5 Å². The van der Waals surface area contributed by atoms with Gasteiger partial charge in [0.25, 0.3) is 0 Å². The number of ether oxygens (including phenoxy) is 2. The Morgan fingerprint density at radius 3 is 2.44 bits per heavy atom. The lowest BCUT2D eigenvalue weighted by Crippen LogP contribution is -2.31. The summed E-state index contributed by atoms with van der Waals surface area (Å²) < 4.78 is 11.1. The van der Waals surface area contributed by atoms with E-state index in [9.17, 15) is 0 Å². The summed E-state index contributed by atoms with van der Waals surface area (Å²) in [4.78, 5) is 11.6. The second kappa shape index (κ2) is 10.9. The first kappa shape index (κ1) is 24.1. The van der Waals surface area contributed by atoms with Gasteiger partial charge in [0.05, 0.1) is 19.7 Å². The third kappa shape index (κ3) is 5.36. The largest absolute Gasteiger partial charge is 0.496 e. The highest BCUT2D eigenvalue weighted by atomic mass is 16.5. The van der Waals surface area contributed by atoms with E-state index < -0.39 is 0 Å². The van der Waals surface area contributed by atoms with Crippen LogP contribution < -0.4 is 25.0 Å². The molecule has 4 rings (SSSR count). The molecule has 1 aliphatic carbocycles. The maximum absolute atomic E-state index is 5.64. The minimum Gasteiger partial charge on any atom is -0.496 e. The number of anilines is 2. The Labute approximate surface area is 202 Å². The fourth-order valence-corrected chi connectivity index (χ4v) is 4.94. The van der Waals surface area contributed by atoms with Gasteiger partial charge in [-0.2, -0.15) is 4.98 Å². The van der Waals surface area contributed by atoms with E-state index >= 15 is 0 Å². The van der Waals surface area contributed by atoms with Gasteiger partial charge >= 0.3 is 0 Å². The summed E-state index contributed by atoms with van der Waals surface area (Å²) >= 11 is 0. The van der Waals surface area contributed by atoms with Gasteiger partial charge in [0.15, 0.2) is 0 Å². The van der Waals surface area contributed by atoms with Crippen molar-refractivity contribution in [3.05, 3.63) is 47.5 Å². The number of rotatable bonds is 9. The van der Waals surface area contributed by atoms with Gasteiger partial charge in [0.2, 0.25) is 5.95 Å². The van der Waals surface area contributed by atoms with Crippen LogP contribution in [0.2, 0.25) is 0 Å². The zero-order valence-corrected chi connectivity index (χ0v) is 21.0. The van der Waals surface area contributed by atoms with Crippen LogP contribution in [0.15, 0.2) is 36.4 Å². The zero-order valence-electron chi connectivity index (χ0n) is 21.0. The van der Waals surface area contributed by atoms with Gasteiger partial charge in [-0.1, -0.05) is 18.2 Å². The number of nitrogens with one attached hydrogen (secondary N) is 2. The van der Waals surface area contributed by atoms with E-state index in [2.05, 4.69) is 33.7 Å². The van der Waals surface area contributed by atoms with Crippen LogP contribution in [0.4, 0.5) is 11.8 Å². The zero-order chi connectivity index (χ0) is 24.1. The molecule has 0 spiro atoms. The molecule has 0 atom stereocenters. The Balaban J connectivity index is 1.30. The fourth-order valence-electron chi connectivity index (χ4n) is 4.94. The molecule has 1 saturated carbocycles. The molecule has 7 heteroatoms. The maximum Gasteiger partial charge on any atom is 0.225 e. The van der Waals surface area contributed by atoms with Crippen molar-refractivity contribution < 1.29 is 9.47 Å². The van der Waals surface area contributed by atoms with E-state index in [0.717, 1.165) is 65.7 Å². The monoisotopic (exact) mass is 463 g/mol. The summed E-state index contributed by atoms with van der Waals surface area (Å²) in [7, 11) is 7.47. The van der Waals surface area contributed by atoms with Crippen molar-refractivity contribution >= 4 is 22.7 Å². The van der Waals surface area contributed by atoms with Gasteiger partial charge in [-0.25, -0.2) is 4.98 Å². The highest BCUT2D eigenvalue weighted by Crippen LogP contribution is 2.32. The van der Waals surface area contributed by atoms with Crippen LogP contribution in [0, 0.1) is 12.8 Å². The number of hydrogen-bond donors (Lipinski definition) is 2. The van der Waals surface area contributed by atoms with Crippen LogP contribution >= 0.6 is 0 Å². The van der Waals surface area contributed by atoms with Crippen LogP contribution in [-0.4, -0.2) is 50.9 Å². The summed E-state index contributed by atoms with van der Waals surface area (Å²) in [5, 5.41) is 8.33. The lowest BCUT2D eigenvalue weighted by Gasteiger charge is -2.29. The average Bonchev–Trinajstić information content (AvgIpc) is 2.85. The summed E-state index contributed by atoms with van der Waals surface area (Å²) in [6.45, 7) is 3.85. The molecule has 0 saturated heterocycles. The second-order valence-electron chi connectivity index (χ2n) is 9.36. The molecule has 0 radical (unpaired) electrons. The first-order valence-electron chi connectivity index (χ1n) is 12.1. The van der Waals surface area contributed by atoms with Gasteiger partial charge in [-0.05, 0) is 63.3 Å². The number of para-hydroxylation sites is 1. The molecule has 0 bridgehead atoms. The van der Waals surface area contributed by atoms with Gasteiger partial charge in [-0.3, -0.25) is 0 Å². The molecule has 1 fully saturated rings. The molecule has 2 N–H and O–H groups in total. The minimum atomic E-state index is 0.414. The van der Waals surface area contributed by atoms with E-state index in [1.54, 1.807) is 14.2 Å². The molecular formula is C27H37N5O2. The van der Waals surface area contributed by atoms with Crippen LogP contribution in [0.5, 0.6) is 11.5 Å². The van der Waals surface area contributed by atoms with Crippen molar-refractivity contribution in [1.82, 2.24) is 15.3 Å². The van der Waals surface area contributed by atoms with E-state index in [0.29, 0.717) is 12.0 Å². The van der Waals surface area contributed by atoms with Crippen LogP contribution in [0.1, 0.15) is 36.8 Å². The molecule has 3 aromatic rings. The number of benzene rings is 2. The van der Waals surface area contributed by atoms with E-state index in [1.807, 2.05) is 39.2 Å². The molecule has 0 aliphatic heterocycles. The molecular weight excluding hydrogens is 426 g/mol. The Morgan fingerprint density at radius 1 is 0.971 bits per heavy atom. The van der Waals surface area contributed by atoms with Gasteiger partial charge in [0, 0.05) is 43.2 Å². The lowest BCUT2D eigenvalue weighted by atomic mass is 9.86. The molecule has 34 heavy (non-hydrogen) atoms. The Morgan fingerprint density at radius 2 is 1.74 bits per heavy atom. The summed E-state index contributed by atoms with van der Waals surface area (Å²) in [5.74, 6) is 4.13. The first-order chi connectivity index (χ1) is 16.5. The van der Waals surface area contributed by atoms with E-state index in [1.165, 1.54) is 18.4 Å². The standard InChI is InChI=1S/C27H37N5O2/c1-18-24(33-4)15-12-20(25(18)34-5)17-28-16-19-10-13-21(14-11-19)29-27-30-23-9-7-6-8-22(23)26(31-27)32(2)3/h6-9,12,15,19,21,28H,10-11,13-14,16-17H2,1-5H3,(H,29,30,31)/t19-,21+. The number of aromatic nitrogens is 2. The third-order valence-corrected chi connectivity index (χ3v) is 6.80. The molecule has 7 nitrogen and oxygen atoms in total. The third-order valence-electron chi connectivity index (χ3n) is 6.80. The Bertz CT molecular complexity index is 1110. The van der Waals surface area contributed by atoms with Crippen molar-refractivity contribution in [1.29, 1.82) is 0 Å².